The summed E-state index contributed by atoms with van der Waals surface area (Å²) >= 11 is 0. The average Bonchev–Trinajstić information content (AvgIpc) is 2.17. The summed E-state index contributed by atoms with van der Waals surface area (Å²) in [7, 11) is -5.51. The molecule has 18 heavy (non-hydrogen) atoms. The molecule has 0 saturated heterocycles. The predicted molar refractivity (Wildman–Crippen MR) is 42.5 cm³/mol. The van der Waals surface area contributed by atoms with Crippen LogP contribution in [0.25, 0.3) is 0 Å². The van der Waals surface area contributed by atoms with Crippen LogP contribution in [0.2, 0.25) is 0 Å². The SMILES string of the molecule is O=P([O-])([O-])OC1[C@H](O)[C@H](O)C(O)[C@H](O)[C@H]1O.[Na+].[Na+]. The third kappa shape index (κ3) is 5.36. The van der Waals surface area contributed by atoms with Crippen molar-refractivity contribution < 1.29 is 104 Å². The minimum Gasteiger partial charge on any atom is -0.790 e. The first-order chi connectivity index (χ1) is 7.15. The van der Waals surface area contributed by atoms with Gasteiger partial charge >= 0.3 is 59.1 Å². The van der Waals surface area contributed by atoms with Crippen LogP contribution in [0.15, 0.2) is 0 Å². The third-order valence-corrected chi connectivity index (χ3v) is 2.83. The second kappa shape index (κ2) is 8.38. The van der Waals surface area contributed by atoms with Crippen molar-refractivity contribution in [3.05, 3.63) is 0 Å². The summed E-state index contributed by atoms with van der Waals surface area (Å²) in [5.41, 5.74) is 0. The zero-order chi connectivity index (χ0) is 12.7. The van der Waals surface area contributed by atoms with E-state index >= 15 is 0 Å². The van der Waals surface area contributed by atoms with Gasteiger partial charge in [0.1, 0.15) is 36.6 Å². The Hall–Kier alpha value is 1.91. The first-order valence-corrected chi connectivity index (χ1v) is 5.72. The number of rotatable bonds is 2. The molecule has 9 nitrogen and oxygen atoms in total. The van der Waals surface area contributed by atoms with E-state index in [9.17, 15) is 24.6 Å². The Morgan fingerprint density at radius 1 is 0.778 bits per heavy atom. The van der Waals surface area contributed by atoms with Gasteiger partial charge in [0, 0.05) is 0 Å². The van der Waals surface area contributed by atoms with Gasteiger partial charge in [-0.2, -0.15) is 0 Å². The van der Waals surface area contributed by atoms with Crippen molar-refractivity contribution in [2.45, 2.75) is 36.6 Å². The van der Waals surface area contributed by atoms with E-state index in [2.05, 4.69) is 4.52 Å². The van der Waals surface area contributed by atoms with Gasteiger partial charge in [-0.15, -0.1) is 0 Å². The van der Waals surface area contributed by atoms with E-state index in [-0.39, 0.29) is 59.1 Å². The number of aliphatic hydroxyl groups is 5. The summed E-state index contributed by atoms with van der Waals surface area (Å²) in [6, 6.07) is 0. The Kier molecular flexibility index (Phi) is 10.3. The Labute approximate surface area is 147 Å². The second-order valence-corrected chi connectivity index (χ2v) is 4.58. The smallest absolute Gasteiger partial charge is 0.790 e. The topological polar surface area (TPSA) is 174 Å². The summed E-state index contributed by atoms with van der Waals surface area (Å²) in [4.78, 5) is 20.6. The van der Waals surface area contributed by atoms with Crippen molar-refractivity contribution in [1.82, 2.24) is 0 Å². The molecule has 2 unspecified atom stereocenters. The van der Waals surface area contributed by atoms with Crippen molar-refractivity contribution in [3.8, 4) is 0 Å². The van der Waals surface area contributed by atoms with Crippen molar-refractivity contribution in [2.75, 3.05) is 0 Å². The fraction of sp³-hybridized carbons (Fsp3) is 1.00. The molecule has 0 spiro atoms. The fourth-order valence-electron chi connectivity index (χ4n) is 1.47. The largest absolute Gasteiger partial charge is 1.00 e. The van der Waals surface area contributed by atoms with E-state index in [1.165, 1.54) is 0 Å². The van der Waals surface area contributed by atoms with Gasteiger partial charge in [0.05, 0.1) is 7.82 Å². The molecule has 0 aromatic carbocycles. The molecule has 0 aromatic rings. The van der Waals surface area contributed by atoms with Gasteiger partial charge in [-0.05, 0) is 0 Å². The zero-order valence-corrected chi connectivity index (χ0v) is 14.7. The Bertz CT molecular complexity index is 283. The van der Waals surface area contributed by atoms with Crippen LogP contribution in [0.4, 0.5) is 0 Å². The molecule has 96 valence electrons. The quantitative estimate of drug-likeness (QED) is 0.245. The molecule has 1 aliphatic carbocycles. The Balaban J connectivity index is 0. The normalized spacial score (nSPS) is 40.6. The van der Waals surface area contributed by atoms with Crippen LogP contribution in [-0.4, -0.2) is 62.2 Å². The van der Waals surface area contributed by atoms with Crippen LogP contribution >= 0.6 is 7.82 Å². The Morgan fingerprint density at radius 2 is 1.06 bits per heavy atom. The van der Waals surface area contributed by atoms with Gasteiger partial charge in [-0.1, -0.05) is 0 Å². The van der Waals surface area contributed by atoms with E-state index in [0.717, 1.165) is 0 Å². The van der Waals surface area contributed by atoms with Crippen LogP contribution in [0.5, 0.6) is 0 Å². The molecule has 5 N–H and O–H groups in total. The first-order valence-electron chi connectivity index (χ1n) is 4.26. The van der Waals surface area contributed by atoms with Gasteiger partial charge in [0.15, 0.2) is 0 Å². The molecule has 12 heteroatoms. The van der Waals surface area contributed by atoms with Crippen molar-refractivity contribution in [1.29, 1.82) is 0 Å². The summed E-state index contributed by atoms with van der Waals surface area (Å²) < 4.78 is 14.1. The minimum atomic E-state index is -5.51. The van der Waals surface area contributed by atoms with Crippen molar-refractivity contribution in [2.24, 2.45) is 0 Å². The van der Waals surface area contributed by atoms with Gasteiger partial charge < -0.3 is 44.4 Å². The van der Waals surface area contributed by atoms with E-state index in [1.807, 2.05) is 0 Å². The summed E-state index contributed by atoms with van der Waals surface area (Å²) in [6.45, 7) is 0. The molecular weight excluding hydrogens is 293 g/mol. The number of phosphoric acid groups is 1. The fourth-order valence-corrected chi connectivity index (χ4v) is 2.02. The molecule has 1 rings (SSSR count). The molecule has 0 bridgehead atoms. The number of hydrogen-bond acceptors (Lipinski definition) is 9. The van der Waals surface area contributed by atoms with Crippen molar-refractivity contribution >= 4 is 7.82 Å². The van der Waals surface area contributed by atoms with Crippen LogP contribution in [-0.2, 0) is 9.09 Å². The van der Waals surface area contributed by atoms with Crippen LogP contribution in [0.1, 0.15) is 0 Å². The Morgan fingerprint density at radius 3 is 1.33 bits per heavy atom. The van der Waals surface area contributed by atoms with Gasteiger partial charge in [0.25, 0.3) is 0 Å². The zero-order valence-electron chi connectivity index (χ0n) is 9.78. The monoisotopic (exact) mass is 304 g/mol. The van der Waals surface area contributed by atoms with Gasteiger partial charge in [-0.3, -0.25) is 0 Å². The summed E-state index contributed by atoms with van der Waals surface area (Å²) in [6.07, 6.45) is -11.8. The molecule has 0 heterocycles. The maximum absolute atomic E-state index is 10.3. The predicted octanol–water partition coefficient (Wildman–Crippen LogP) is -11.0. The number of aliphatic hydroxyl groups excluding tert-OH is 5. The van der Waals surface area contributed by atoms with E-state index in [1.54, 1.807) is 0 Å². The second-order valence-electron chi connectivity index (χ2n) is 3.47. The van der Waals surface area contributed by atoms with Crippen LogP contribution < -0.4 is 68.9 Å². The van der Waals surface area contributed by atoms with Gasteiger partial charge in [-0.25, -0.2) is 0 Å². The standard InChI is InChI=1S/C6H13O9P.2Na/c7-1-2(8)4(10)6(5(11)3(1)9)15-16(12,13)14;;/h1-11H,(H2,12,13,14);;/q;2*+1/p-2/t1?,2-,3+,4-,5-,6?;;/m1../s1. The third-order valence-electron chi connectivity index (χ3n) is 2.32. The molecule has 6 atom stereocenters. The molecule has 1 fully saturated rings. The van der Waals surface area contributed by atoms with E-state index < -0.39 is 44.4 Å². The van der Waals surface area contributed by atoms with Crippen LogP contribution in [0, 0.1) is 0 Å². The molecule has 0 amide bonds. The summed E-state index contributed by atoms with van der Waals surface area (Å²) in [5, 5.41) is 45.9. The van der Waals surface area contributed by atoms with E-state index in [0.29, 0.717) is 0 Å². The molecule has 0 radical (unpaired) electrons. The minimum absolute atomic E-state index is 0. The summed E-state index contributed by atoms with van der Waals surface area (Å²) in [5.74, 6) is 0. The van der Waals surface area contributed by atoms with Crippen LogP contribution in [0.3, 0.4) is 0 Å². The molecular formula is C6H11Na2O9P. The maximum atomic E-state index is 10.3. The van der Waals surface area contributed by atoms with Gasteiger partial charge in [0.2, 0.25) is 0 Å². The van der Waals surface area contributed by atoms with E-state index in [4.69, 9.17) is 15.3 Å². The number of hydrogen-bond donors (Lipinski definition) is 5. The first kappa shape index (κ1) is 22.2. The maximum Gasteiger partial charge on any atom is 1.00 e. The number of phosphoric ester groups is 1. The van der Waals surface area contributed by atoms with Crippen molar-refractivity contribution in [3.63, 3.8) is 0 Å². The molecule has 1 saturated carbocycles. The molecule has 1 aliphatic rings. The molecule has 0 aromatic heterocycles. The average molecular weight is 304 g/mol. The molecule has 0 aliphatic heterocycles.